The molecular weight excluding hydrogens is 446 g/mol. The summed E-state index contributed by atoms with van der Waals surface area (Å²) in [5.41, 5.74) is 2.79. The minimum atomic E-state index is -0.377. The molecule has 0 fully saturated rings. The summed E-state index contributed by atoms with van der Waals surface area (Å²) < 4.78 is 0. The highest BCUT2D eigenvalue weighted by Gasteiger charge is 2.17. The van der Waals surface area contributed by atoms with E-state index in [0.29, 0.717) is 23.6 Å². The highest BCUT2D eigenvalue weighted by molar-refractivity contribution is 7.98. The Labute approximate surface area is 205 Å². The number of hydrogen-bond acceptors (Lipinski definition) is 6. The Bertz CT molecular complexity index is 1110. The molecular formula is C26H31N5O2S. The molecule has 0 saturated carbocycles. The number of carbonyl (C=O) groups is 2. The SMILES string of the molecule is CSCCNC(=O)c1ccccc1NC(=O)c1cc(CCCN(C)C)nc(-c2ccccc2)n1. The van der Waals surface area contributed by atoms with Crippen LogP contribution in [0.15, 0.2) is 60.7 Å². The van der Waals surface area contributed by atoms with Crippen molar-refractivity contribution in [3.05, 3.63) is 77.6 Å². The molecule has 0 aliphatic carbocycles. The number of anilines is 1. The van der Waals surface area contributed by atoms with Gasteiger partial charge in [-0.1, -0.05) is 42.5 Å². The van der Waals surface area contributed by atoms with Crippen molar-refractivity contribution in [3.63, 3.8) is 0 Å². The summed E-state index contributed by atoms with van der Waals surface area (Å²) in [5.74, 6) is 0.732. The molecule has 1 aromatic heterocycles. The van der Waals surface area contributed by atoms with Crippen molar-refractivity contribution in [3.8, 4) is 11.4 Å². The van der Waals surface area contributed by atoms with Crippen LogP contribution in [-0.4, -0.2) is 65.9 Å². The van der Waals surface area contributed by atoms with Crippen molar-refractivity contribution in [2.45, 2.75) is 12.8 Å². The number of carbonyl (C=O) groups excluding carboxylic acids is 2. The zero-order valence-electron chi connectivity index (χ0n) is 19.9. The van der Waals surface area contributed by atoms with Gasteiger partial charge in [-0.05, 0) is 57.9 Å². The molecule has 178 valence electrons. The lowest BCUT2D eigenvalue weighted by atomic mass is 10.1. The maximum absolute atomic E-state index is 13.2. The van der Waals surface area contributed by atoms with E-state index in [1.165, 1.54) is 0 Å². The number of aromatic nitrogens is 2. The van der Waals surface area contributed by atoms with Gasteiger partial charge in [0.1, 0.15) is 5.69 Å². The molecule has 34 heavy (non-hydrogen) atoms. The van der Waals surface area contributed by atoms with Crippen molar-refractivity contribution in [2.75, 3.05) is 44.5 Å². The third-order valence-electron chi connectivity index (χ3n) is 5.09. The quantitative estimate of drug-likeness (QED) is 0.406. The van der Waals surface area contributed by atoms with Gasteiger partial charge in [0.05, 0.1) is 11.3 Å². The van der Waals surface area contributed by atoms with Gasteiger partial charge in [-0.25, -0.2) is 9.97 Å². The van der Waals surface area contributed by atoms with Gasteiger partial charge in [0.25, 0.3) is 11.8 Å². The summed E-state index contributed by atoms with van der Waals surface area (Å²) in [6.07, 6.45) is 3.63. The van der Waals surface area contributed by atoms with E-state index in [-0.39, 0.29) is 17.5 Å². The minimum Gasteiger partial charge on any atom is -0.351 e. The van der Waals surface area contributed by atoms with Crippen LogP contribution in [0.2, 0.25) is 0 Å². The Kier molecular flexibility index (Phi) is 9.61. The van der Waals surface area contributed by atoms with Gasteiger partial charge in [-0.3, -0.25) is 9.59 Å². The first-order chi connectivity index (χ1) is 16.5. The number of hydrogen-bond donors (Lipinski definition) is 2. The zero-order chi connectivity index (χ0) is 24.3. The fraction of sp³-hybridized carbons (Fsp3) is 0.308. The van der Waals surface area contributed by atoms with Crippen LogP contribution in [0.1, 0.15) is 33.0 Å². The van der Waals surface area contributed by atoms with Crippen LogP contribution < -0.4 is 10.6 Å². The lowest BCUT2D eigenvalue weighted by Crippen LogP contribution is -2.27. The van der Waals surface area contributed by atoms with Gasteiger partial charge < -0.3 is 15.5 Å². The Hall–Kier alpha value is -3.23. The molecule has 0 bridgehead atoms. The van der Waals surface area contributed by atoms with Crippen molar-refractivity contribution in [1.82, 2.24) is 20.2 Å². The zero-order valence-corrected chi connectivity index (χ0v) is 20.7. The van der Waals surface area contributed by atoms with Crippen LogP contribution in [0, 0.1) is 0 Å². The first kappa shape index (κ1) is 25.4. The van der Waals surface area contributed by atoms with Crippen LogP contribution in [0.4, 0.5) is 5.69 Å². The van der Waals surface area contributed by atoms with Gasteiger partial charge in [0.15, 0.2) is 5.82 Å². The van der Waals surface area contributed by atoms with Crippen LogP contribution >= 0.6 is 11.8 Å². The Morgan fingerprint density at radius 2 is 1.71 bits per heavy atom. The van der Waals surface area contributed by atoms with E-state index in [2.05, 4.69) is 20.5 Å². The Balaban J connectivity index is 1.86. The molecule has 0 aliphatic rings. The maximum Gasteiger partial charge on any atom is 0.274 e. The van der Waals surface area contributed by atoms with Crippen molar-refractivity contribution < 1.29 is 9.59 Å². The van der Waals surface area contributed by atoms with E-state index in [9.17, 15) is 9.59 Å². The maximum atomic E-state index is 13.2. The molecule has 8 heteroatoms. The molecule has 1 heterocycles. The van der Waals surface area contributed by atoms with Gasteiger partial charge in [0.2, 0.25) is 0 Å². The van der Waals surface area contributed by atoms with Crippen LogP contribution in [0.25, 0.3) is 11.4 Å². The van der Waals surface area contributed by atoms with E-state index < -0.39 is 0 Å². The average Bonchev–Trinajstić information content (AvgIpc) is 2.84. The number of amides is 2. The molecule has 0 atom stereocenters. The first-order valence-corrected chi connectivity index (χ1v) is 12.6. The number of aryl methyl sites for hydroxylation is 1. The summed E-state index contributed by atoms with van der Waals surface area (Å²) >= 11 is 1.66. The summed E-state index contributed by atoms with van der Waals surface area (Å²) in [6, 6.07) is 18.3. The van der Waals surface area contributed by atoms with E-state index in [1.807, 2.05) is 50.7 Å². The standard InChI is InChI=1S/C26H31N5O2S/c1-31(2)16-9-12-20-18-23(29-24(28-20)19-10-5-4-6-11-19)26(33)30-22-14-8-7-13-21(22)25(32)27-15-17-34-3/h4-8,10-11,13-14,18H,9,12,15-17H2,1-3H3,(H,27,32)(H,30,33). The highest BCUT2D eigenvalue weighted by Crippen LogP contribution is 2.19. The van der Waals surface area contributed by atoms with Crippen molar-refractivity contribution >= 4 is 29.3 Å². The van der Waals surface area contributed by atoms with E-state index >= 15 is 0 Å². The van der Waals surface area contributed by atoms with Gasteiger partial charge in [0, 0.05) is 23.6 Å². The van der Waals surface area contributed by atoms with Crippen molar-refractivity contribution in [1.29, 1.82) is 0 Å². The van der Waals surface area contributed by atoms with Gasteiger partial charge in [-0.2, -0.15) is 11.8 Å². The lowest BCUT2D eigenvalue weighted by Gasteiger charge is -2.13. The number of benzene rings is 2. The van der Waals surface area contributed by atoms with Gasteiger partial charge in [-0.15, -0.1) is 0 Å². The second-order valence-electron chi connectivity index (χ2n) is 8.09. The average molecular weight is 478 g/mol. The highest BCUT2D eigenvalue weighted by atomic mass is 32.2. The number of nitrogens with one attached hydrogen (secondary N) is 2. The second-order valence-corrected chi connectivity index (χ2v) is 9.07. The summed E-state index contributed by atoms with van der Waals surface area (Å²) in [6.45, 7) is 1.48. The number of nitrogens with zero attached hydrogens (tertiary/aromatic N) is 3. The predicted molar refractivity (Wildman–Crippen MR) is 139 cm³/mol. The molecule has 0 unspecified atom stereocenters. The molecule has 7 nitrogen and oxygen atoms in total. The molecule has 0 radical (unpaired) electrons. The third kappa shape index (κ3) is 7.40. The summed E-state index contributed by atoms with van der Waals surface area (Å²) in [5, 5.41) is 5.76. The number of rotatable bonds is 11. The molecule has 2 aromatic carbocycles. The topological polar surface area (TPSA) is 87.2 Å². The molecule has 0 saturated heterocycles. The number of thioether (sulfide) groups is 1. The van der Waals surface area contributed by atoms with Crippen LogP contribution in [-0.2, 0) is 6.42 Å². The third-order valence-corrected chi connectivity index (χ3v) is 5.71. The molecule has 0 aliphatic heterocycles. The Morgan fingerprint density at radius 1 is 0.971 bits per heavy atom. The molecule has 2 N–H and O–H groups in total. The summed E-state index contributed by atoms with van der Waals surface area (Å²) in [7, 11) is 4.06. The lowest BCUT2D eigenvalue weighted by molar-refractivity contribution is 0.0957. The first-order valence-electron chi connectivity index (χ1n) is 11.2. The molecule has 2 amide bonds. The monoisotopic (exact) mass is 477 g/mol. The normalized spacial score (nSPS) is 10.8. The second kappa shape index (κ2) is 12.9. The van der Waals surface area contributed by atoms with Crippen LogP contribution in [0.3, 0.4) is 0 Å². The van der Waals surface area contributed by atoms with Crippen molar-refractivity contribution in [2.24, 2.45) is 0 Å². The molecule has 3 rings (SSSR count). The van der Waals surface area contributed by atoms with E-state index in [0.717, 1.165) is 36.4 Å². The smallest absolute Gasteiger partial charge is 0.274 e. The summed E-state index contributed by atoms with van der Waals surface area (Å²) in [4.78, 5) is 37.2. The fourth-order valence-electron chi connectivity index (χ4n) is 3.37. The van der Waals surface area contributed by atoms with Gasteiger partial charge >= 0.3 is 0 Å². The molecule has 0 spiro atoms. The number of para-hydroxylation sites is 1. The van der Waals surface area contributed by atoms with Crippen LogP contribution in [0.5, 0.6) is 0 Å². The van der Waals surface area contributed by atoms with E-state index in [4.69, 9.17) is 4.98 Å². The Morgan fingerprint density at radius 3 is 2.44 bits per heavy atom. The minimum absolute atomic E-state index is 0.220. The molecule has 3 aromatic rings. The predicted octanol–water partition coefficient (Wildman–Crippen LogP) is 3.98. The largest absolute Gasteiger partial charge is 0.351 e. The fourth-order valence-corrected chi connectivity index (χ4v) is 3.68. The van der Waals surface area contributed by atoms with E-state index in [1.54, 1.807) is 42.1 Å².